The summed E-state index contributed by atoms with van der Waals surface area (Å²) in [6, 6.07) is 4.15. The zero-order valence-electron chi connectivity index (χ0n) is 19.9. The van der Waals surface area contributed by atoms with Crippen LogP contribution in [0.3, 0.4) is 0 Å². The summed E-state index contributed by atoms with van der Waals surface area (Å²) in [4.78, 5) is 17.8. The van der Waals surface area contributed by atoms with Crippen molar-refractivity contribution in [2.75, 3.05) is 0 Å². The molecule has 1 aromatic heterocycles. The van der Waals surface area contributed by atoms with Gasteiger partial charge in [-0.2, -0.15) is 0 Å². The van der Waals surface area contributed by atoms with E-state index >= 15 is 0 Å². The van der Waals surface area contributed by atoms with Crippen molar-refractivity contribution < 1.29 is 14.3 Å². The Morgan fingerprint density at radius 3 is 2.66 bits per heavy atom. The fourth-order valence-corrected chi connectivity index (χ4v) is 14.3. The maximum Gasteiger partial charge on any atom is 0.312 e. The van der Waals surface area contributed by atoms with Gasteiger partial charge in [-0.3, -0.25) is 9.78 Å². The van der Waals surface area contributed by atoms with Crippen molar-refractivity contribution >= 4 is 23.8 Å². The molecule has 174 valence electrons. The fourth-order valence-electron chi connectivity index (χ4n) is 7.20. The number of fused-ring (bicyclic) bond motifs is 5. The van der Waals surface area contributed by atoms with Crippen molar-refractivity contribution in [1.82, 2.24) is 4.98 Å². The molecule has 2 saturated heterocycles. The molecule has 0 radical (unpaired) electrons. The number of aromatic nitrogens is 1. The number of esters is 1. The second-order valence-electron chi connectivity index (χ2n) is 11.0. The third-order valence-electron chi connectivity index (χ3n) is 8.79. The van der Waals surface area contributed by atoms with Crippen molar-refractivity contribution in [2.24, 2.45) is 29.6 Å². The zero-order valence-corrected chi connectivity index (χ0v) is 21.6. The van der Waals surface area contributed by atoms with Gasteiger partial charge in [0.2, 0.25) is 6.29 Å². The van der Waals surface area contributed by atoms with Gasteiger partial charge in [0.15, 0.2) is 0 Å². The number of nitrogens with zero attached hydrogens (tertiary/aromatic N) is 1. The minimum absolute atomic E-state index is 0.0655. The van der Waals surface area contributed by atoms with Gasteiger partial charge in [-0.05, 0) is 62.6 Å². The van der Waals surface area contributed by atoms with E-state index in [1.165, 1.54) is 24.0 Å². The van der Waals surface area contributed by atoms with Gasteiger partial charge in [0.25, 0.3) is 0 Å². The Kier molecular flexibility index (Phi) is 5.92. The first-order valence-electron chi connectivity index (χ1n) is 12.2. The molecule has 0 amide bonds. The molecule has 0 aromatic carbocycles. The van der Waals surface area contributed by atoms with Gasteiger partial charge in [0.1, 0.15) is 0 Å². The van der Waals surface area contributed by atoms with E-state index in [9.17, 15) is 4.79 Å². The van der Waals surface area contributed by atoms with Gasteiger partial charge >= 0.3 is 5.97 Å². The lowest BCUT2D eigenvalue weighted by molar-refractivity contribution is -0.195. The van der Waals surface area contributed by atoms with Crippen molar-refractivity contribution in [3.8, 4) is 0 Å². The van der Waals surface area contributed by atoms with E-state index in [0.29, 0.717) is 17.8 Å². The van der Waals surface area contributed by atoms with Crippen LogP contribution >= 0.6 is 6.04 Å². The highest BCUT2D eigenvalue weighted by molar-refractivity contribution is 8.15. The van der Waals surface area contributed by atoms with E-state index in [1.54, 1.807) is 0 Å². The van der Waals surface area contributed by atoms with Crippen molar-refractivity contribution in [3.05, 3.63) is 41.2 Å². The Balaban J connectivity index is 1.46. The molecular weight excluding hydrogens is 437 g/mol. The van der Waals surface area contributed by atoms with Crippen LogP contribution in [0, 0.1) is 29.6 Å². The molecule has 5 rings (SSSR count). The Bertz CT molecular complexity index is 977. The van der Waals surface area contributed by atoms with Crippen LogP contribution in [0.1, 0.15) is 59.6 Å². The average Bonchev–Trinajstić information content (AvgIpc) is 3.25. The predicted molar refractivity (Wildman–Crippen MR) is 131 cm³/mol. The summed E-state index contributed by atoms with van der Waals surface area (Å²) >= 11 is 6.53. The minimum Gasteiger partial charge on any atom is -0.435 e. The van der Waals surface area contributed by atoms with Crippen LogP contribution in [0.4, 0.5) is 0 Å². The predicted octanol–water partition coefficient (Wildman–Crippen LogP) is 5.75. The molecule has 0 unspecified atom stereocenters. The number of hydrogen-bond donors (Lipinski definition) is 0. The quantitative estimate of drug-likeness (QED) is 0.309. The number of ether oxygens (including phenoxy) is 2. The first kappa shape index (κ1) is 22.7. The maximum absolute atomic E-state index is 13.2. The van der Waals surface area contributed by atoms with E-state index in [2.05, 4.69) is 45.7 Å². The number of rotatable bonds is 5. The summed E-state index contributed by atoms with van der Waals surface area (Å²) < 4.78 is 12.7. The summed E-state index contributed by atoms with van der Waals surface area (Å²) in [5.74, 6) is 1.59. The lowest BCUT2D eigenvalue weighted by Crippen LogP contribution is -2.41. The molecule has 6 heteroatoms. The molecular formula is C26H36NO3PS. The smallest absolute Gasteiger partial charge is 0.312 e. The van der Waals surface area contributed by atoms with Crippen LogP contribution < -0.4 is 0 Å². The van der Waals surface area contributed by atoms with Gasteiger partial charge in [-0.1, -0.05) is 56.2 Å². The molecule has 4 aliphatic rings. The van der Waals surface area contributed by atoms with Crippen LogP contribution in [0.2, 0.25) is 0 Å². The SMILES string of the molecule is CC1=C(C)[C@H]2[C@H]3[C@H](O[C@@H]4C[C@H](C)CC[C@H]4C(C)C)OC(=O)[C@H]3[C@@H]1[P@@]2(=S)Cc1ccccn1. The summed E-state index contributed by atoms with van der Waals surface area (Å²) in [5.41, 5.74) is 4.14. The molecule has 3 fully saturated rings. The Morgan fingerprint density at radius 1 is 1.22 bits per heavy atom. The van der Waals surface area contributed by atoms with Gasteiger partial charge in [-0.25, -0.2) is 0 Å². The maximum atomic E-state index is 13.2. The monoisotopic (exact) mass is 473 g/mol. The molecule has 4 nitrogen and oxygen atoms in total. The summed E-state index contributed by atoms with van der Waals surface area (Å²) in [6.45, 7) is 11.3. The lowest BCUT2D eigenvalue weighted by Gasteiger charge is -2.39. The van der Waals surface area contributed by atoms with Gasteiger partial charge in [-0.15, -0.1) is 0 Å². The highest BCUT2D eigenvalue weighted by atomic mass is 32.4. The van der Waals surface area contributed by atoms with Crippen LogP contribution in [-0.2, 0) is 32.2 Å². The molecule has 0 spiro atoms. The molecule has 0 N–H and O–H groups in total. The summed E-state index contributed by atoms with van der Waals surface area (Å²) in [7, 11) is 0. The third kappa shape index (κ3) is 3.46. The highest BCUT2D eigenvalue weighted by Crippen LogP contribution is 2.78. The van der Waals surface area contributed by atoms with E-state index in [1.807, 2.05) is 18.3 Å². The Hall–Kier alpha value is -1.03. The van der Waals surface area contributed by atoms with Crippen molar-refractivity contribution in [3.63, 3.8) is 0 Å². The molecule has 4 heterocycles. The topological polar surface area (TPSA) is 48.4 Å². The summed E-state index contributed by atoms with van der Waals surface area (Å²) in [5, 5.41) is 0. The number of carbonyl (C=O) groups is 1. The van der Waals surface area contributed by atoms with Crippen LogP contribution in [-0.4, -0.2) is 34.7 Å². The van der Waals surface area contributed by atoms with E-state index in [4.69, 9.17) is 21.3 Å². The number of hydrogen-bond acceptors (Lipinski definition) is 5. The molecule has 1 aromatic rings. The second-order valence-corrected chi connectivity index (χ2v) is 16.2. The first-order chi connectivity index (χ1) is 15.2. The van der Waals surface area contributed by atoms with E-state index in [-0.39, 0.29) is 35.2 Å². The lowest BCUT2D eigenvalue weighted by atomic mass is 9.75. The molecule has 32 heavy (non-hydrogen) atoms. The summed E-state index contributed by atoms with van der Waals surface area (Å²) in [6.07, 6.45) is 5.88. The number of cyclic esters (lactones) is 1. The van der Waals surface area contributed by atoms with Crippen molar-refractivity contribution in [2.45, 2.75) is 83.8 Å². The molecule has 9 atom stereocenters. The number of carbonyl (C=O) groups excluding carboxylic acids is 1. The molecule has 3 aliphatic heterocycles. The Morgan fingerprint density at radius 2 is 1.97 bits per heavy atom. The van der Waals surface area contributed by atoms with Gasteiger partial charge in [0.05, 0.1) is 12.0 Å². The number of pyridine rings is 1. The average molecular weight is 474 g/mol. The second kappa shape index (κ2) is 8.32. The van der Waals surface area contributed by atoms with Crippen LogP contribution in [0.15, 0.2) is 35.5 Å². The van der Waals surface area contributed by atoms with Crippen LogP contribution in [0.25, 0.3) is 0 Å². The van der Waals surface area contributed by atoms with Gasteiger partial charge < -0.3 is 9.47 Å². The zero-order chi connectivity index (χ0) is 22.8. The van der Waals surface area contributed by atoms with E-state index in [0.717, 1.165) is 18.3 Å². The van der Waals surface area contributed by atoms with E-state index < -0.39 is 12.3 Å². The standard InChI is InChI=1S/C26H36NO3PS/c1-14(2)19-10-9-15(3)12-20(19)29-26-22-21(25(28)30-26)23-16(4)17(5)24(22)31(23,32)13-18-8-6-7-11-27-18/h6-8,11,14-15,19-24,26H,9-10,12-13H2,1-5H3/t15-,19+,20-,21-,22+,23-,24+,26-,31+/m1/s1. The van der Waals surface area contributed by atoms with Gasteiger partial charge in [0, 0.05) is 35.3 Å². The molecule has 2 bridgehead atoms. The normalized spacial score (nSPS) is 43.1. The fraction of sp³-hybridized carbons (Fsp3) is 0.692. The van der Waals surface area contributed by atoms with Crippen LogP contribution in [0.5, 0.6) is 0 Å². The third-order valence-corrected chi connectivity index (χ3v) is 14.7. The molecule has 1 aliphatic carbocycles. The minimum atomic E-state index is -1.91. The first-order valence-corrected chi connectivity index (χ1v) is 15.4. The Labute approximate surface area is 197 Å². The molecule has 1 saturated carbocycles. The highest BCUT2D eigenvalue weighted by Gasteiger charge is 2.68. The van der Waals surface area contributed by atoms with Crippen molar-refractivity contribution in [1.29, 1.82) is 0 Å². The number of allylic oxidation sites excluding steroid dienone is 2. The largest absolute Gasteiger partial charge is 0.435 e.